The predicted octanol–water partition coefficient (Wildman–Crippen LogP) is 4.11. The van der Waals surface area contributed by atoms with Crippen molar-refractivity contribution in [2.24, 2.45) is 0 Å². The number of carbonyl (C=O) groups is 1. The van der Waals surface area contributed by atoms with Crippen LogP contribution < -0.4 is 15.6 Å². The first-order chi connectivity index (χ1) is 16.1. The SMILES string of the molecule is Cc1ccc(NC(=O)Cn2nc(C)c3ccccc3c2=O)cc1S(=O)(=O)Nc1cccc(Cl)c1. The second-order valence-electron chi connectivity index (χ2n) is 7.74. The van der Waals surface area contributed by atoms with E-state index >= 15 is 0 Å². The number of hydrogen-bond donors (Lipinski definition) is 2. The molecule has 2 N–H and O–H groups in total. The number of nitrogens with one attached hydrogen (secondary N) is 2. The number of carbonyl (C=O) groups excluding carboxylic acids is 1. The van der Waals surface area contributed by atoms with Gasteiger partial charge in [-0.1, -0.05) is 41.9 Å². The van der Waals surface area contributed by atoms with Crippen LogP contribution in [0, 0.1) is 13.8 Å². The van der Waals surface area contributed by atoms with Crippen LogP contribution in [0.4, 0.5) is 11.4 Å². The number of rotatable bonds is 6. The minimum atomic E-state index is -3.94. The number of aryl methyl sites for hydroxylation is 2. The maximum Gasteiger partial charge on any atom is 0.275 e. The standard InChI is InChI=1S/C24H21ClN4O4S/c1-15-10-11-18(13-22(15)34(32,33)28-19-7-5-6-17(25)12-19)26-23(30)14-29-24(31)21-9-4-3-8-20(21)16(2)27-29/h3-13,28H,14H2,1-2H3,(H,26,30). The second kappa shape index (κ2) is 9.28. The Bertz CT molecular complexity index is 1580. The average Bonchev–Trinajstić information content (AvgIpc) is 2.78. The van der Waals surface area contributed by atoms with Crippen LogP contribution in [0.15, 0.2) is 76.4 Å². The molecule has 0 radical (unpaired) electrons. The molecule has 4 rings (SSSR count). The number of aromatic nitrogens is 2. The predicted molar refractivity (Wildman–Crippen MR) is 133 cm³/mol. The van der Waals surface area contributed by atoms with E-state index in [2.05, 4.69) is 15.1 Å². The highest BCUT2D eigenvalue weighted by atomic mass is 35.5. The summed E-state index contributed by atoms with van der Waals surface area (Å²) >= 11 is 5.94. The fraction of sp³-hybridized carbons (Fsp3) is 0.125. The average molecular weight is 497 g/mol. The zero-order valence-electron chi connectivity index (χ0n) is 18.4. The number of halogens is 1. The third-order valence-corrected chi connectivity index (χ3v) is 6.94. The highest BCUT2D eigenvalue weighted by molar-refractivity contribution is 7.92. The molecule has 0 spiro atoms. The lowest BCUT2D eigenvalue weighted by molar-refractivity contribution is -0.117. The Labute approximate surface area is 201 Å². The van der Waals surface area contributed by atoms with Crippen molar-refractivity contribution in [2.45, 2.75) is 25.3 Å². The van der Waals surface area contributed by atoms with E-state index in [-0.39, 0.29) is 22.7 Å². The number of anilines is 2. The van der Waals surface area contributed by atoms with E-state index in [1.54, 1.807) is 62.4 Å². The summed E-state index contributed by atoms with van der Waals surface area (Å²) in [7, 11) is -3.94. The van der Waals surface area contributed by atoms with Gasteiger partial charge in [0.05, 0.1) is 21.7 Å². The molecule has 34 heavy (non-hydrogen) atoms. The van der Waals surface area contributed by atoms with Gasteiger partial charge in [0, 0.05) is 16.1 Å². The lowest BCUT2D eigenvalue weighted by Crippen LogP contribution is -2.30. The molecule has 0 aliphatic rings. The summed E-state index contributed by atoms with van der Waals surface area (Å²) in [6, 6.07) is 17.9. The van der Waals surface area contributed by atoms with Crippen molar-refractivity contribution < 1.29 is 13.2 Å². The number of hydrogen-bond acceptors (Lipinski definition) is 5. The summed E-state index contributed by atoms with van der Waals surface area (Å²) in [6.07, 6.45) is 0. The molecule has 174 valence electrons. The van der Waals surface area contributed by atoms with Crippen LogP contribution in [-0.2, 0) is 21.4 Å². The normalized spacial score (nSPS) is 11.4. The Hall–Kier alpha value is -3.69. The van der Waals surface area contributed by atoms with Crippen molar-refractivity contribution in [3.8, 4) is 0 Å². The molecule has 0 aliphatic carbocycles. The van der Waals surface area contributed by atoms with Crippen LogP contribution in [-0.4, -0.2) is 24.1 Å². The Balaban J connectivity index is 1.57. The molecule has 1 aromatic heterocycles. The molecule has 0 atom stereocenters. The third kappa shape index (κ3) is 4.95. The van der Waals surface area contributed by atoms with Gasteiger partial charge in [0.1, 0.15) is 6.54 Å². The van der Waals surface area contributed by atoms with Crippen LogP contribution in [0.2, 0.25) is 5.02 Å². The number of benzene rings is 3. The zero-order chi connectivity index (χ0) is 24.5. The lowest BCUT2D eigenvalue weighted by atomic mass is 10.1. The molecule has 10 heteroatoms. The summed E-state index contributed by atoms with van der Waals surface area (Å²) in [6.45, 7) is 3.10. The minimum absolute atomic E-state index is 0.00196. The first-order valence-corrected chi connectivity index (χ1v) is 12.2. The van der Waals surface area contributed by atoms with Gasteiger partial charge in [0.2, 0.25) is 5.91 Å². The molecule has 0 bridgehead atoms. The molecule has 0 aliphatic heterocycles. The fourth-order valence-electron chi connectivity index (χ4n) is 3.58. The van der Waals surface area contributed by atoms with Crippen LogP contribution in [0.1, 0.15) is 11.3 Å². The molecule has 0 fully saturated rings. The van der Waals surface area contributed by atoms with Gasteiger partial charge in [-0.25, -0.2) is 13.1 Å². The monoisotopic (exact) mass is 496 g/mol. The van der Waals surface area contributed by atoms with E-state index < -0.39 is 15.9 Å². The van der Waals surface area contributed by atoms with Crippen molar-refractivity contribution in [3.05, 3.63) is 93.4 Å². The molecular weight excluding hydrogens is 476 g/mol. The van der Waals surface area contributed by atoms with E-state index in [1.807, 2.05) is 6.07 Å². The maximum atomic E-state index is 12.9. The highest BCUT2D eigenvalue weighted by Crippen LogP contribution is 2.24. The number of fused-ring (bicyclic) bond motifs is 1. The molecule has 0 unspecified atom stereocenters. The highest BCUT2D eigenvalue weighted by Gasteiger charge is 2.19. The first kappa shape index (κ1) is 23.5. The minimum Gasteiger partial charge on any atom is -0.324 e. The van der Waals surface area contributed by atoms with Crippen LogP contribution in [0.3, 0.4) is 0 Å². The summed E-state index contributed by atoms with van der Waals surface area (Å²) < 4.78 is 29.5. The third-order valence-electron chi connectivity index (χ3n) is 5.18. The van der Waals surface area contributed by atoms with Crippen LogP contribution in [0.5, 0.6) is 0 Å². The van der Waals surface area contributed by atoms with Gasteiger partial charge < -0.3 is 5.32 Å². The molecule has 8 nitrogen and oxygen atoms in total. The summed E-state index contributed by atoms with van der Waals surface area (Å²) in [5.74, 6) is -0.515. The van der Waals surface area contributed by atoms with E-state index in [0.717, 1.165) is 10.1 Å². The van der Waals surface area contributed by atoms with Gasteiger partial charge in [-0.2, -0.15) is 5.10 Å². The van der Waals surface area contributed by atoms with Gasteiger partial charge in [-0.3, -0.25) is 14.3 Å². The number of sulfonamides is 1. The van der Waals surface area contributed by atoms with Gasteiger partial charge in [0.15, 0.2) is 0 Å². The molecule has 1 heterocycles. The maximum absolute atomic E-state index is 12.9. The van der Waals surface area contributed by atoms with E-state index in [1.165, 1.54) is 12.1 Å². The lowest BCUT2D eigenvalue weighted by Gasteiger charge is -2.13. The van der Waals surface area contributed by atoms with E-state index in [4.69, 9.17) is 11.6 Å². The van der Waals surface area contributed by atoms with Crippen molar-refractivity contribution in [1.29, 1.82) is 0 Å². The molecule has 1 amide bonds. The van der Waals surface area contributed by atoms with Crippen molar-refractivity contribution in [3.63, 3.8) is 0 Å². The Kier molecular flexibility index (Phi) is 6.41. The fourth-order valence-corrected chi connectivity index (χ4v) is 5.09. The van der Waals surface area contributed by atoms with Crippen molar-refractivity contribution >= 4 is 49.7 Å². The van der Waals surface area contributed by atoms with E-state index in [0.29, 0.717) is 27.4 Å². The van der Waals surface area contributed by atoms with Gasteiger partial charge in [-0.05, 0) is 55.8 Å². The van der Waals surface area contributed by atoms with Gasteiger partial charge in [-0.15, -0.1) is 0 Å². The second-order valence-corrected chi connectivity index (χ2v) is 9.83. The molecule has 3 aromatic carbocycles. The van der Waals surface area contributed by atoms with Gasteiger partial charge in [0.25, 0.3) is 15.6 Å². The topological polar surface area (TPSA) is 110 Å². The quantitative estimate of drug-likeness (QED) is 0.417. The Morgan fingerprint density at radius 3 is 2.44 bits per heavy atom. The van der Waals surface area contributed by atoms with Crippen LogP contribution in [0.25, 0.3) is 10.8 Å². The summed E-state index contributed by atoms with van der Waals surface area (Å²) in [4.78, 5) is 25.4. The molecule has 4 aromatic rings. The number of nitrogens with zero attached hydrogens (tertiary/aromatic N) is 2. The van der Waals surface area contributed by atoms with Gasteiger partial charge >= 0.3 is 0 Å². The van der Waals surface area contributed by atoms with Crippen LogP contribution >= 0.6 is 11.6 Å². The molecule has 0 saturated heterocycles. The largest absolute Gasteiger partial charge is 0.324 e. The molecular formula is C24H21ClN4O4S. The Morgan fingerprint density at radius 1 is 0.971 bits per heavy atom. The van der Waals surface area contributed by atoms with Crippen molar-refractivity contribution in [1.82, 2.24) is 9.78 Å². The number of amides is 1. The smallest absolute Gasteiger partial charge is 0.275 e. The van der Waals surface area contributed by atoms with Crippen molar-refractivity contribution in [2.75, 3.05) is 10.0 Å². The zero-order valence-corrected chi connectivity index (χ0v) is 19.9. The molecule has 0 saturated carbocycles. The summed E-state index contributed by atoms with van der Waals surface area (Å²) in [5.41, 5.74) is 1.33. The Morgan fingerprint density at radius 2 is 1.71 bits per heavy atom. The summed E-state index contributed by atoms with van der Waals surface area (Å²) in [5, 5.41) is 8.47. The van der Waals surface area contributed by atoms with E-state index in [9.17, 15) is 18.0 Å². The first-order valence-electron chi connectivity index (χ1n) is 10.3.